The summed E-state index contributed by atoms with van der Waals surface area (Å²) in [6.07, 6.45) is 3.29. The first-order valence-electron chi connectivity index (χ1n) is 7.78. The van der Waals surface area contributed by atoms with Crippen molar-refractivity contribution in [2.24, 2.45) is 4.99 Å². The minimum Gasteiger partial charge on any atom is -0.473 e. The molecule has 0 aromatic heterocycles. The van der Waals surface area contributed by atoms with Gasteiger partial charge in [-0.15, -0.1) is 0 Å². The Labute approximate surface area is 129 Å². The lowest BCUT2D eigenvalue weighted by Crippen LogP contribution is -2.38. The van der Waals surface area contributed by atoms with Crippen molar-refractivity contribution in [3.63, 3.8) is 0 Å². The standard InChI is InChI=1S/C18H18N2O2/c21-18(20-10-3-4-11-20)16-17(22-12-19-16)15-9-5-7-13-6-1-2-8-14(13)15/h1-2,5-9,12,16-17H,3-4,10-11H2/t16?,17-/m1/s1. The van der Waals surface area contributed by atoms with E-state index in [0.717, 1.165) is 42.3 Å². The normalized spacial score (nSPS) is 23.9. The molecule has 112 valence electrons. The zero-order chi connectivity index (χ0) is 14.9. The third-order valence-corrected chi connectivity index (χ3v) is 4.52. The molecule has 2 aliphatic rings. The number of hydrogen-bond donors (Lipinski definition) is 0. The van der Waals surface area contributed by atoms with Crippen molar-refractivity contribution in [2.45, 2.75) is 25.0 Å². The molecule has 4 heteroatoms. The predicted octanol–water partition coefficient (Wildman–Crippen LogP) is 2.93. The van der Waals surface area contributed by atoms with Crippen LogP contribution in [0.4, 0.5) is 0 Å². The SMILES string of the molecule is O=C(C1N=CO[C@@H]1c1cccc2ccccc12)N1CCCC1. The second-order valence-corrected chi connectivity index (χ2v) is 5.86. The van der Waals surface area contributed by atoms with E-state index in [1.54, 1.807) is 0 Å². The molecule has 2 aliphatic heterocycles. The number of carbonyl (C=O) groups is 1. The van der Waals surface area contributed by atoms with Gasteiger partial charge in [0.1, 0.15) is 0 Å². The molecule has 22 heavy (non-hydrogen) atoms. The zero-order valence-electron chi connectivity index (χ0n) is 12.3. The first kappa shape index (κ1) is 13.3. The largest absolute Gasteiger partial charge is 0.473 e. The average Bonchev–Trinajstić information content (AvgIpc) is 3.25. The van der Waals surface area contributed by atoms with E-state index in [-0.39, 0.29) is 12.0 Å². The molecule has 0 radical (unpaired) electrons. The van der Waals surface area contributed by atoms with Gasteiger partial charge in [0, 0.05) is 18.7 Å². The topological polar surface area (TPSA) is 41.9 Å². The van der Waals surface area contributed by atoms with Crippen molar-refractivity contribution in [3.05, 3.63) is 48.0 Å². The van der Waals surface area contributed by atoms with Crippen LogP contribution in [0.15, 0.2) is 47.5 Å². The van der Waals surface area contributed by atoms with E-state index < -0.39 is 6.04 Å². The maximum atomic E-state index is 12.7. The van der Waals surface area contributed by atoms with Crippen molar-refractivity contribution in [1.82, 2.24) is 4.90 Å². The highest BCUT2D eigenvalue weighted by molar-refractivity contribution is 5.90. The number of ether oxygens (including phenoxy) is 1. The van der Waals surface area contributed by atoms with E-state index in [2.05, 4.69) is 23.2 Å². The second kappa shape index (κ2) is 5.44. The Morgan fingerprint density at radius 1 is 1.09 bits per heavy atom. The Bertz CT molecular complexity index is 729. The van der Waals surface area contributed by atoms with Crippen LogP contribution in [0.25, 0.3) is 10.8 Å². The van der Waals surface area contributed by atoms with Crippen molar-refractivity contribution < 1.29 is 9.53 Å². The molecule has 1 saturated heterocycles. The molecule has 0 saturated carbocycles. The van der Waals surface area contributed by atoms with Crippen LogP contribution in [0, 0.1) is 0 Å². The lowest BCUT2D eigenvalue weighted by atomic mass is 9.96. The molecule has 0 aliphatic carbocycles. The quantitative estimate of drug-likeness (QED) is 0.854. The highest BCUT2D eigenvalue weighted by Crippen LogP contribution is 2.33. The van der Waals surface area contributed by atoms with Gasteiger partial charge in [-0.1, -0.05) is 42.5 Å². The first-order chi connectivity index (χ1) is 10.8. The van der Waals surface area contributed by atoms with Crippen LogP contribution in [0.3, 0.4) is 0 Å². The van der Waals surface area contributed by atoms with E-state index in [9.17, 15) is 4.79 Å². The molecule has 2 atom stereocenters. The third kappa shape index (κ3) is 2.15. The lowest BCUT2D eigenvalue weighted by Gasteiger charge is -2.23. The van der Waals surface area contributed by atoms with Crippen LogP contribution in [-0.4, -0.2) is 36.3 Å². The van der Waals surface area contributed by atoms with Gasteiger partial charge in [-0.05, 0) is 23.6 Å². The van der Waals surface area contributed by atoms with E-state index in [0.29, 0.717) is 0 Å². The van der Waals surface area contributed by atoms with Crippen LogP contribution in [0.5, 0.6) is 0 Å². The summed E-state index contributed by atoms with van der Waals surface area (Å²) in [6, 6.07) is 13.8. The van der Waals surface area contributed by atoms with Gasteiger partial charge in [-0.3, -0.25) is 4.79 Å². The number of nitrogens with zero attached hydrogens (tertiary/aromatic N) is 2. The predicted molar refractivity (Wildman–Crippen MR) is 85.9 cm³/mol. The maximum Gasteiger partial charge on any atom is 0.251 e. The molecule has 4 nitrogen and oxygen atoms in total. The molecule has 4 rings (SSSR count). The van der Waals surface area contributed by atoms with Crippen LogP contribution >= 0.6 is 0 Å². The summed E-state index contributed by atoms with van der Waals surface area (Å²) in [5.74, 6) is 0.0872. The molecule has 1 unspecified atom stereocenters. The van der Waals surface area contributed by atoms with Crippen LogP contribution < -0.4 is 0 Å². The zero-order valence-corrected chi connectivity index (χ0v) is 12.3. The van der Waals surface area contributed by atoms with Crippen LogP contribution in [-0.2, 0) is 9.53 Å². The third-order valence-electron chi connectivity index (χ3n) is 4.52. The highest BCUT2D eigenvalue weighted by Gasteiger charge is 2.37. The molecule has 2 heterocycles. The summed E-state index contributed by atoms with van der Waals surface area (Å²) in [6.45, 7) is 1.68. The van der Waals surface area contributed by atoms with E-state index in [1.807, 2.05) is 29.2 Å². The number of aliphatic imine (C=N–C) groups is 1. The summed E-state index contributed by atoms with van der Waals surface area (Å²) in [5.41, 5.74) is 1.04. The van der Waals surface area contributed by atoms with Gasteiger partial charge < -0.3 is 9.64 Å². The summed E-state index contributed by atoms with van der Waals surface area (Å²) in [5, 5.41) is 2.28. The van der Waals surface area contributed by atoms with E-state index in [1.165, 1.54) is 6.40 Å². The molecular weight excluding hydrogens is 276 g/mol. The van der Waals surface area contributed by atoms with E-state index in [4.69, 9.17) is 4.74 Å². The smallest absolute Gasteiger partial charge is 0.251 e. The summed E-state index contributed by atoms with van der Waals surface area (Å²) in [7, 11) is 0. The molecule has 0 spiro atoms. The number of amides is 1. The van der Waals surface area contributed by atoms with Crippen LogP contribution in [0.1, 0.15) is 24.5 Å². The fourth-order valence-corrected chi connectivity index (χ4v) is 3.38. The Kier molecular flexibility index (Phi) is 3.29. The van der Waals surface area contributed by atoms with Gasteiger partial charge >= 0.3 is 0 Å². The Hall–Kier alpha value is -2.36. The van der Waals surface area contributed by atoms with Gasteiger partial charge in [-0.25, -0.2) is 4.99 Å². The molecule has 0 bridgehead atoms. The maximum absolute atomic E-state index is 12.7. The molecular formula is C18H18N2O2. The summed E-state index contributed by atoms with van der Waals surface area (Å²) in [4.78, 5) is 18.9. The van der Waals surface area contributed by atoms with Gasteiger partial charge in [0.2, 0.25) is 0 Å². The van der Waals surface area contributed by atoms with Crippen molar-refractivity contribution in [2.75, 3.05) is 13.1 Å². The van der Waals surface area contributed by atoms with E-state index >= 15 is 0 Å². The monoisotopic (exact) mass is 294 g/mol. The van der Waals surface area contributed by atoms with Gasteiger partial charge in [0.15, 0.2) is 18.5 Å². The Balaban J connectivity index is 1.70. The van der Waals surface area contributed by atoms with Crippen molar-refractivity contribution in [3.8, 4) is 0 Å². The minimum atomic E-state index is -0.455. The number of hydrogen-bond acceptors (Lipinski definition) is 3. The van der Waals surface area contributed by atoms with Gasteiger partial charge in [-0.2, -0.15) is 0 Å². The number of benzene rings is 2. The second-order valence-electron chi connectivity index (χ2n) is 5.86. The number of rotatable bonds is 2. The average molecular weight is 294 g/mol. The molecule has 2 aromatic carbocycles. The van der Waals surface area contributed by atoms with Gasteiger partial charge in [0.25, 0.3) is 5.91 Å². The first-order valence-corrected chi connectivity index (χ1v) is 7.78. The Morgan fingerprint density at radius 2 is 1.86 bits per heavy atom. The summed E-state index contributed by atoms with van der Waals surface area (Å²) >= 11 is 0. The van der Waals surface area contributed by atoms with Crippen molar-refractivity contribution >= 4 is 23.1 Å². The Morgan fingerprint density at radius 3 is 2.73 bits per heavy atom. The fraction of sp³-hybridized carbons (Fsp3) is 0.333. The molecule has 1 amide bonds. The van der Waals surface area contributed by atoms with Gasteiger partial charge in [0.05, 0.1) is 0 Å². The molecule has 0 N–H and O–H groups in total. The number of fused-ring (bicyclic) bond motifs is 1. The van der Waals surface area contributed by atoms with Crippen molar-refractivity contribution in [1.29, 1.82) is 0 Å². The number of likely N-dealkylation sites (tertiary alicyclic amines) is 1. The summed E-state index contributed by atoms with van der Waals surface area (Å²) < 4.78 is 5.70. The number of carbonyl (C=O) groups excluding carboxylic acids is 1. The molecule has 2 aromatic rings. The lowest BCUT2D eigenvalue weighted by molar-refractivity contribution is -0.133. The molecule has 1 fully saturated rings. The highest BCUT2D eigenvalue weighted by atomic mass is 16.5. The minimum absolute atomic E-state index is 0.0872. The van der Waals surface area contributed by atoms with Crippen LogP contribution in [0.2, 0.25) is 0 Å². The fourth-order valence-electron chi connectivity index (χ4n) is 3.38.